The van der Waals surface area contributed by atoms with Gasteiger partial charge in [0.15, 0.2) is 0 Å². The van der Waals surface area contributed by atoms with Gasteiger partial charge in [-0.05, 0) is 43.9 Å². The zero-order valence-corrected chi connectivity index (χ0v) is 12.6. The van der Waals surface area contributed by atoms with E-state index in [1.165, 1.54) is 17.5 Å². The second-order valence-corrected chi connectivity index (χ2v) is 5.64. The van der Waals surface area contributed by atoms with Gasteiger partial charge in [-0.3, -0.25) is 0 Å². The Kier molecular flexibility index (Phi) is 4.56. The van der Waals surface area contributed by atoms with Crippen molar-refractivity contribution in [1.82, 2.24) is 5.32 Å². The van der Waals surface area contributed by atoms with Crippen molar-refractivity contribution in [3.8, 4) is 5.75 Å². The first kappa shape index (κ1) is 14.2. The number of benzene rings is 2. The maximum atomic E-state index is 5.81. The van der Waals surface area contributed by atoms with Crippen LogP contribution < -0.4 is 10.1 Å². The molecule has 3 rings (SSSR count). The average molecular weight is 281 g/mol. The van der Waals surface area contributed by atoms with E-state index in [1.807, 2.05) is 6.92 Å². The molecule has 0 aliphatic carbocycles. The van der Waals surface area contributed by atoms with E-state index in [2.05, 4.69) is 59.9 Å². The fraction of sp³-hybridized carbons (Fsp3) is 0.368. The van der Waals surface area contributed by atoms with E-state index in [0.29, 0.717) is 18.6 Å². The fourth-order valence-electron chi connectivity index (χ4n) is 3.28. The van der Waals surface area contributed by atoms with Crippen LogP contribution in [0.4, 0.5) is 0 Å². The molecule has 0 saturated carbocycles. The third-order valence-electron chi connectivity index (χ3n) is 4.25. The van der Waals surface area contributed by atoms with Gasteiger partial charge in [-0.2, -0.15) is 0 Å². The van der Waals surface area contributed by atoms with E-state index >= 15 is 0 Å². The molecule has 2 heteroatoms. The van der Waals surface area contributed by atoms with E-state index in [9.17, 15) is 0 Å². The molecule has 1 aliphatic heterocycles. The summed E-state index contributed by atoms with van der Waals surface area (Å²) in [5.74, 6) is 1.66. The van der Waals surface area contributed by atoms with Crippen LogP contribution in [0.3, 0.4) is 0 Å². The molecule has 0 spiro atoms. The van der Waals surface area contributed by atoms with Crippen molar-refractivity contribution >= 4 is 0 Å². The minimum atomic E-state index is 0.396. The maximum Gasteiger partial charge on any atom is 0.124 e. The highest BCUT2D eigenvalue weighted by atomic mass is 16.5. The predicted octanol–water partition coefficient (Wildman–Crippen LogP) is 3.98. The van der Waals surface area contributed by atoms with Gasteiger partial charge in [0.25, 0.3) is 0 Å². The van der Waals surface area contributed by atoms with Crippen molar-refractivity contribution in [3.63, 3.8) is 0 Å². The van der Waals surface area contributed by atoms with Crippen molar-refractivity contribution in [3.05, 3.63) is 65.7 Å². The van der Waals surface area contributed by atoms with Gasteiger partial charge in [0.1, 0.15) is 5.75 Å². The molecule has 0 amide bonds. The molecule has 110 valence electrons. The van der Waals surface area contributed by atoms with E-state index in [1.54, 1.807) is 0 Å². The normalized spacial score (nSPS) is 21.4. The van der Waals surface area contributed by atoms with Gasteiger partial charge in [0, 0.05) is 11.6 Å². The lowest BCUT2D eigenvalue weighted by atomic mass is 9.88. The molecule has 1 aliphatic rings. The molecule has 2 nitrogen and oxygen atoms in total. The van der Waals surface area contributed by atoms with Crippen molar-refractivity contribution < 1.29 is 4.74 Å². The van der Waals surface area contributed by atoms with Gasteiger partial charge in [0.2, 0.25) is 0 Å². The Morgan fingerprint density at radius 2 is 1.81 bits per heavy atom. The lowest BCUT2D eigenvalue weighted by molar-refractivity contribution is 0.327. The molecule has 1 saturated heterocycles. The number of hydrogen-bond acceptors (Lipinski definition) is 2. The van der Waals surface area contributed by atoms with E-state index in [4.69, 9.17) is 4.74 Å². The first-order chi connectivity index (χ1) is 10.4. The van der Waals surface area contributed by atoms with Crippen LogP contribution in [0.15, 0.2) is 54.6 Å². The Morgan fingerprint density at radius 1 is 1.05 bits per heavy atom. The van der Waals surface area contributed by atoms with Crippen LogP contribution in [0.25, 0.3) is 0 Å². The molecule has 1 N–H and O–H groups in total. The summed E-state index contributed by atoms with van der Waals surface area (Å²) < 4.78 is 5.81. The number of para-hydroxylation sites is 1. The Bertz CT molecular complexity index is 567. The summed E-state index contributed by atoms with van der Waals surface area (Å²) in [5.41, 5.74) is 2.72. The van der Waals surface area contributed by atoms with Crippen LogP contribution in [0.5, 0.6) is 5.75 Å². The van der Waals surface area contributed by atoms with Crippen LogP contribution >= 0.6 is 0 Å². The predicted molar refractivity (Wildman–Crippen MR) is 86.6 cm³/mol. The zero-order chi connectivity index (χ0) is 14.5. The lowest BCUT2D eigenvalue weighted by Crippen LogP contribution is -2.20. The average Bonchev–Trinajstić information content (AvgIpc) is 2.97. The molecule has 2 aromatic rings. The van der Waals surface area contributed by atoms with Crippen LogP contribution in [-0.2, 0) is 6.42 Å². The highest BCUT2D eigenvalue weighted by Crippen LogP contribution is 2.36. The molecular weight excluding hydrogens is 258 g/mol. The van der Waals surface area contributed by atoms with Gasteiger partial charge in [0.05, 0.1) is 6.61 Å². The van der Waals surface area contributed by atoms with E-state index in [0.717, 1.165) is 18.7 Å². The molecular formula is C19H23NO. The number of hydrogen-bond donors (Lipinski definition) is 1. The second-order valence-electron chi connectivity index (χ2n) is 5.64. The summed E-state index contributed by atoms with van der Waals surface area (Å²) in [5, 5.41) is 3.66. The number of ether oxygens (including phenoxy) is 1. The van der Waals surface area contributed by atoms with Crippen LogP contribution in [0, 0.1) is 5.92 Å². The summed E-state index contributed by atoms with van der Waals surface area (Å²) >= 11 is 0. The van der Waals surface area contributed by atoms with Crippen molar-refractivity contribution in [2.24, 2.45) is 5.92 Å². The zero-order valence-electron chi connectivity index (χ0n) is 12.6. The summed E-state index contributed by atoms with van der Waals surface area (Å²) in [4.78, 5) is 0. The Labute approximate surface area is 127 Å². The first-order valence-electron chi connectivity index (χ1n) is 7.87. The molecule has 1 heterocycles. The first-order valence-corrected chi connectivity index (χ1v) is 7.87. The minimum Gasteiger partial charge on any atom is -0.494 e. The van der Waals surface area contributed by atoms with E-state index < -0.39 is 0 Å². The molecule has 0 aromatic heterocycles. The van der Waals surface area contributed by atoms with Crippen LogP contribution in [0.1, 0.15) is 30.5 Å². The van der Waals surface area contributed by atoms with Crippen molar-refractivity contribution in [2.75, 3.05) is 13.2 Å². The topological polar surface area (TPSA) is 21.3 Å². The number of rotatable bonds is 5. The quantitative estimate of drug-likeness (QED) is 0.895. The fourth-order valence-corrected chi connectivity index (χ4v) is 3.28. The summed E-state index contributed by atoms with van der Waals surface area (Å²) in [6, 6.07) is 19.6. The third-order valence-corrected chi connectivity index (χ3v) is 4.25. The van der Waals surface area contributed by atoms with Gasteiger partial charge >= 0.3 is 0 Å². The molecule has 1 fully saturated rings. The van der Waals surface area contributed by atoms with Crippen LogP contribution in [0.2, 0.25) is 0 Å². The Balaban J connectivity index is 1.81. The molecule has 2 atom stereocenters. The standard InChI is InChI=1S/C19H23NO/c1-2-21-18-11-7-6-10-17(18)19-16(12-13-20-19)14-15-8-4-3-5-9-15/h3-11,16,19-20H,2,12-14H2,1H3. The molecule has 21 heavy (non-hydrogen) atoms. The molecule has 2 unspecified atom stereocenters. The Hall–Kier alpha value is -1.80. The second kappa shape index (κ2) is 6.77. The monoisotopic (exact) mass is 281 g/mol. The molecule has 2 aromatic carbocycles. The van der Waals surface area contributed by atoms with Gasteiger partial charge in [-0.25, -0.2) is 0 Å². The van der Waals surface area contributed by atoms with Gasteiger partial charge in [-0.15, -0.1) is 0 Å². The largest absolute Gasteiger partial charge is 0.494 e. The van der Waals surface area contributed by atoms with Crippen molar-refractivity contribution in [1.29, 1.82) is 0 Å². The van der Waals surface area contributed by atoms with E-state index in [-0.39, 0.29) is 0 Å². The van der Waals surface area contributed by atoms with Gasteiger partial charge < -0.3 is 10.1 Å². The summed E-state index contributed by atoms with van der Waals surface area (Å²) in [7, 11) is 0. The van der Waals surface area contributed by atoms with Crippen LogP contribution in [-0.4, -0.2) is 13.2 Å². The highest BCUT2D eigenvalue weighted by Gasteiger charge is 2.30. The van der Waals surface area contributed by atoms with Gasteiger partial charge in [-0.1, -0.05) is 48.5 Å². The maximum absolute atomic E-state index is 5.81. The minimum absolute atomic E-state index is 0.396. The Morgan fingerprint density at radius 3 is 2.62 bits per heavy atom. The molecule has 0 radical (unpaired) electrons. The molecule has 0 bridgehead atoms. The summed E-state index contributed by atoms with van der Waals surface area (Å²) in [6.45, 7) is 3.84. The third kappa shape index (κ3) is 3.27. The lowest BCUT2D eigenvalue weighted by Gasteiger charge is -2.22. The highest BCUT2D eigenvalue weighted by molar-refractivity contribution is 5.37. The smallest absolute Gasteiger partial charge is 0.124 e. The number of nitrogens with one attached hydrogen (secondary N) is 1. The van der Waals surface area contributed by atoms with Crippen molar-refractivity contribution in [2.45, 2.75) is 25.8 Å². The SMILES string of the molecule is CCOc1ccccc1C1NCCC1Cc1ccccc1. The summed E-state index contributed by atoms with van der Waals surface area (Å²) in [6.07, 6.45) is 2.35.